The Morgan fingerprint density at radius 3 is 2.46 bits per heavy atom. The Balaban J connectivity index is 2.51. The molecule has 2 atom stereocenters. The first-order chi connectivity index (χ1) is 12.5. The molecule has 1 amide bonds. The maximum absolute atomic E-state index is 11.9. The molecule has 0 fully saturated rings. The van der Waals surface area contributed by atoms with Crippen LogP contribution in [0, 0.1) is 0 Å². The first-order valence-corrected chi connectivity index (χ1v) is 9.02. The molecule has 0 aliphatic carbocycles. The zero-order chi connectivity index (χ0) is 19.4. The molecule has 1 rings (SSSR count). The molecule has 8 nitrogen and oxygen atoms in total. The van der Waals surface area contributed by atoms with E-state index in [0.29, 0.717) is 0 Å². The van der Waals surface area contributed by atoms with Gasteiger partial charge in [-0.05, 0) is 12.0 Å². The van der Waals surface area contributed by atoms with Crippen molar-refractivity contribution in [2.75, 3.05) is 20.0 Å². The number of alkyl carbamates (subject to hydrolysis) is 1. The van der Waals surface area contributed by atoms with E-state index in [1.807, 2.05) is 18.2 Å². The van der Waals surface area contributed by atoms with E-state index in [4.69, 9.17) is 4.74 Å². The van der Waals surface area contributed by atoms with Crippen molar-refractivity contribution in [1.29, 1.82) is 0 Å². The van der Waals surface area contributed by atoms with Crippen molar-refractivity contribution < 1.29 is 32.8 Å². The van der Waals surface area contributed by atoms with Gasteiger partial charge in [0.25, 0.3) is 0 Å². The molecule has 1 unspecified atom stereocenters. The van der Waals surface area contributed by atoms with Crippen LogP contribution < -0.4 is 5.32 Å². The van der Waals surface area contributed by atoms with Crippen LogP contribution in [0.4, 0.5) is 4.79 Å². The summed E-state index contributed by atoms with van der Waals surface area (Å²) in [5.74, 6) is -1.28. The molecule has 26 heavy (non-hydrogen) atoms. The van der Waals surface area contributed by atoms with Crippen molar-refractivity contribution >= 4 is 28.8 Å². The van der Waals surface area contributed by atoms with Crippen molar-refractivity contribution in [3.63, 3.8) is 0 Å². The van der Waals surface area contributed by atoms with Crippen LogP contribution in [-0.2, 0) is 41.2 Å². The minimum absolute atomic E-state index is 0.0340. The van der Waals surface area contributed by atoms with Gasteiger partial charge in [-0.25, -0.2) is 14.4 Å². The Morgan fingerprint density at radius 1 is 1.15 bits per heavy atom. The van der Waals surface area contributed by atoms with Crippen LogP contribution in [0.25, 0.3) is 0 Å². The number of carbonyl (C=O) groups is 3. The lowest BCUT2D eigenvalue weighted by Gasteiger charge is -2.16. The number of benzene rings is 1. The Morgan fingerprint density at radius 2 is 1.85 bits per heavy atom. The van der Waals surface area contributed by atoms with Crippen LogP contribution in [0.1, 0.15) is 12.0 Å². The van der Waals surface area contributed by atoms with Gasteiger partial charge in [-0.15, -0.1) is 0 Å². The van der Waals surface area contributed by atoms with E-state index in [9.17, 15) is 18.6 Å². The van der Waals surface area contributed by atoms with Gasteiger partial charge in [0.15, 0.2) is 0 Å². The van der Waals surface area contributed by atoms with E-state index in [-0.39, 0.29) is 18.8 Å². The van der Waals surface area contributed by atoms with Crippen molar-refractivity contribution in [2.24, 2.45) is 0 Å². The molecule has 1 aromatic carbocycles. The van der Waals surface area contributed by atoms with Crippen LogP contribution in [-0.4, -0.2) is 48.3 Å². The lowest BCUT2D eigenvalue weighted by Crippen LogP contribution is -2.42. The summed E-state index contributed by atoms with van der Waals surface area (Å²) < 4.78 is 25.9. The molecule has 0 heterocycles. The molecule has 0 aliphatic heterocycles. The first kappa shape index (κ1) is 21.4. The highest BCUT2D eigenvalue weighted by Gasteiger charge is 2.22. The molecule has 0 saturated heterocycles. The average Bonchev–Trinajstić information content (AvgIpc) is 2.67. The van der Waals surface area contributed by atoms with Gasteiger partial charge in [0.2, 0.25) is 0 Å². The highest BCUT2D eigenvalue weighted by molar-refractivity contribution is 7.87. The van der Waals surface area contributed by atoms with E-state index in [1.165, 1.54) is 14.2 Å². The third kappa shape index (κ3) is 8.43. The van der Waals surface area contributed by atoms with Crippen molar-refractivity contribution in [3.05, 3.63) is 47.4 Å². The molecule has 0 bridgehead atoms. The highest BCUT2D eigenvalue weighted by Crippen LogP contribution is 2.03. The summed E-state index contributed by atoms with van der Waals surface area (Å²) >= 11 is 0. The molecule has 0 radical (unpaired) electrons. The van der Waals surface area contributed by atoms with Crippen molar-refractivity contribution in [3.8, 4) is 0 Å². The Hall–Kier alpha value is -2.68. The number of amides is 1. The van der Waals surface area contributed by atoms with Gasteiger partial charge in [0.1, 0.15) is 12.6 Å². The smallest absolute Gasteiger partial charge is 0.408 e. The number of carbonyl (C=O) groups excluding carboxylic acids is 3. The fourth-order valence-electron chi connectivity index (χ4n) is 1.80. The molecule has 142 valence electrons. The summed E-state index contributed by atoms with van der Waals surface area (Å²) in [5, 5.41) is 3.54. The van der Waals surface area contributed by atoms with Gasteiger partial charge in [0, 0.05) is 28.0 Å². The zero-order valence-electron chi connectivity index (χ0n) is 14.5. The van der Waals surface area contributed by atoms with Gasteiger partial charge >= 0.3 is 18.0 Å². The minimum atomic E-state index is -1.51. The predicted octanol–water partition coefficient (Wildman–Crippen LogP) is 1.28. The first-order valence-electron chi connectivity index (χ1n) is 7.64. The fraction of sp³-hybridized carbons (Fsp3) is 0.353. The highest BCUT2D eigenvalue weighted by atomic mass is 32.2. The standard InChI is InChI=1S/C17H21NO7S/c1-23-15(19)9-11-26(22)10-8-14(16(20)24-2)18-17(21)25-12-13-6-4-3-5-7-13/h3-7,9,11,14H,8,10,12H2,1-2H3,(H,18,21)/b11-9-/t14-,26?/m0/s1. The zero-order valence-corrected chi connectivity index (χ0v) is 15.3. The van der Waals surface area contributed by atoms with Gasteiger partial charge in [-0.1, -0.05) is 30.3 Å². The van der Waals surface area contributed by atoms with E-state index in [0.717, 1.165) is 17.0 Å². The lowest BCUT2D eigenvalue weighted by molar-refractivity contribution is -0.143. The predicted molar refractivity (Wildman–Crippen MR) is 94.3 cm³/mol. The summed E-state index contributed by atoms with van der Waals surface area (Å²) in [6.07, 6.45) is 0.288. The van der Waals surface area contributed by atoms with Crippen LogP contribution in [0.5, 0.6) is 0 Å². The molecule has 9 heteroatoms. The minimum Gasteiger partial charge on any atom is -0.467 e. The maximum Gasteiger partial charge on any atom is 0.408 e. The van der Waals surface area contributed by atoms with Crippen LogP contribution in [0.2, 0.25) is 0 Å². The second-order valence-electron chi connectivity index (χ2n) is 4.98. The summed E-state index contributed by atoms with van der Waals surface area (Å²) in [6, 6.07) is 8.03. The maximum atomic E-state index is 11.9. The summed E-state index contributed by atoms with van der Waals surface area (Å²) in [5.41, 5.74) is 0.798. The molecule has 1 N–H and O–H groups in total. The third-order valence-electron chi connectivity index (χ3n) is 3.16. The van der Waals surface area contributed by atoms with E-state index >= 15 is 0 Å². The van der Waals surface area contributed by atoms with Gasteiger partial charge < -0.3 is 19.5 Å². The second kappa shape index (κ2) is 11.8. The molecular weight excluding hydrogens is 362 g/mol. The quantitative estimate of drug-likeness (QED) is 0.389. The van der Waals surface area contributed by atoms with Crippen molar-refractivity contribution in [1.82, 2.24) is 5.32 Å². The van der Waals surface area contributed by atoms with E-state index in [1.54, 1.807) is 12.1 Å². The topological polar surface area (TPSA) is 108 Å². The SMILES string of the molecule is COC(=O)/C=C\S(=O)CC[C@H](NC(=O)OCc1ccccc1)C(=O)OC. The molecule has 0 saturated carbocycles. The molecule has 0 aromatic heterocycles. The van der Waals surface area contributed by atoms with Crippen LogP contribution in [0.3, 0.4) is 0 Å². The average molecular weight is 383 g/mol. The van der Waals surface area contributed by atoms with E-state index < -0.39 is 34.9 Å². The van der Waals surface area contributed by atoms with Crippen LogP contribution in [0.15, 0.2) is 41.8 Å². The summed E-state index contributed by atoms with van der Waals surface area (Å²) in [6.45, 7) is 0.0500. The van der Waals surface area contributed by atoms with Crippen LogP contribution >= 0.6 is 0 Å². The number of rotatable bonds is 9. The van der Waals surface area contributed by atoms with Gasteiger partial charge in [0.05, 0.1) is 14.2 Å². The lowest BCUT2D eigenvalue weighted by atomic mass is 10.2. The Labute approximate surface area is 154 Å². The fourth-order valence-corrected chi connectivity index (χ4v) is 2.67. The van der Waals surface area contributed by atoms with E-state index in [2.05, 4.69) is 14.8 Å². The normalized spacial score (nSPS) is 12.8. The number of esters is 2. The molecule has 1 aromatic rings. The number of hydrogen-bond acceptors (Lipinski definition) is 7. The number of hydrogen-bond donors (Lipinski definition) is 1. The number of methoxy groups -OCH3 is 2. The number of nitrogens with one attached hydrogen (secondary N) is 1. The Kier molecular flexibility index (Phi) is 9.70. The second-order valence-corrected chi connectivity index (χ2v) is 6.42. The largest absolute Gasteiger partial charge is 0.467 e. The summed E-state index contributed by atoms with van der Waals surface area (Å²) in [7, 11) is 0.872. The number of ether oxygens (including phenoxy) is 3. The molecule has 0 aliphatic rings. The van der Waals surface area contributed by atoms with Gasteiger partial charge in [-0.3, -0.25) is 4.21 Å². The van der Waals surface area contributed by atoms with Gasteiger partial charge in [-0.2, -0.15) is 0 Å². The molecule has 0 spiro atoms. The Bertz CT molecular complexity index is 660. The summed E-state index contributed by atoms with van der Waals surface area (Å²) in [4.78, 5) is 34.6. The third-order valence-corrected chi connectivity index (χ3v) is 4.23. The molecular formula is C17H21NO7S. The monoisotopic (exact) mass is 383 g/mol. The van der Waals surface area contributed by atoms with Crippen molar-refractivity contribution in [2.45, 2.75) is 19.1 Å².